The molecule has 2 atom stereocenters. The first-order chi connectivity index (χ1) is 8.79. The second-order valence-electron chi connectivity index (χ2n) is 4.81. The Morgan fingerprint density at radius 1 is 1.06 bits per heavy atom. The van der Waals surface area contributed by atoms with E-state index in [0.717, 1.165) is 12.0 Å². The molecule has 1 aliphatic rings. The lowest BCUT2D eigenvalue weighted by Crippen LogP contribution is -2.13. The molecule has 0 spiro atoms. The van der Waals surface area contributed by atoms with Gasteiger partial charge in [0.15, 0.2) is 0 Å². The Labute approximate surface area is 107 Å². The van der Waals surface area contributed by atoms with Gasteiger partial charge in [-0.2, -0.15) is 0 Å². The quantitative estimate of drug-likeness (QED) is 0.846. The lowest BCUT2D eigenvalue weighted by Gasteiger charge is -2.12. The molecule has 1 N–H and O–H groups in total. The molecule has 0 fully saturated rings. The Balaban J connectivity index is 2.05. The molecule has 1 nitrogen and oxygen atoms in total. The number of hydrogen-bond acceptors (Lipinski definition) is 1. The molecule has 1 aliphatic carbocycles. The van der Waals surface area contributed by atoms with Crippen LogP contribution in [0.3, 0.4) is 0 Å². The summed E-state index contributed by atoms with van der Waals surface area (Å²) in [6.07, 6.45) is 0.999. The number of rotatable bonds is 2. The molecule has 2 aromatic rings. The molecule has 92 valence electrons. The van der Waals surface area contributed by atoms with E-state index in [-0.39, 0.29) is 5.82 Å². The average Bonchev–Trinajstić information content (AvgIpc) is 2.77. The summed E-state index contributed by atoms with van der Waals surface area (Å²) in [6, 6.07) is 15.8. The van der Waals surface area contributed by atoms with Gasteiger partial charge in [0.2, 0.25) is 0 Å². The Kier molecular flexibility index (Phi) is 2.88. The van der Waals surface area contributed by atoms with E-state index in [1.165, 1.54) is 17.2 Å². The van der Waals surface area contributed by atoms with E-state index in [4.69, 9.17) is 0 Å². The topological polar surface area (TPSA) is 12.0 Å². The van der Waals surface area contributed by atoms with Crippen LogP contribution in [0, 0.1) is 5.82 Å². The van der Waals surface area contributed by atoms with Gasteiger partial charge in [-0.15, -0.1) is 0 Å². The monoisotopic (exact) mass is 241 g/mol. The predicted octanol–water partition coefficient (Wildman–Crippen LogP) is 3.62. The maximum atomic E-state index is 13.4. The zero-order chi connectivity index (χ0) is 12.5. The lowest BCUT2D eigenvalue weighted by molar-refractivity contribution is 0.561. The van der Waals surface area contributed by atoms with Crippen molar-refractivity contribution >= 4 is 0 Å². The van der Waals surface area contributed by atoms with Crippen molar-refractivity contribution in [3.63, 3.8) is 0 Å². The molecule has 0 unspecified atom stereocenters. The molecular formula is C16H16FN. The summed E-state index contributed by atoms with van der Waals surface area (Å²) in [4.78, 5) is 0. The van der Waals surface area contributed by atoms with Gasteiger partial charge >= 0.3 is 0 Å². The normalized spacial score (nSPS) is 21.9. The van der Waals surface area contributed by atoms with Crippen molar-refractivity contribution in [2.75, 3.05) is 7.05 Å². The van der Waals surface area contributed by atoms with E-state index in [0.29, 0.717) is 12.0 Å². The van der Waals surface area contributed by atoms with Gasteiger partial charge in [0, 0.05) is 12.0 Å². The molecule has 0 heterocycles. The average molecular weight is 241 g/mol. The maximum Gasteiger partial charge on any atom is 0.123 e. The highest BCUT2D eigenvalue weighted by Crippen LogP contribution is 2.43. The highest BCUT2D eigenvalue weighted by molar-refractivity contribution is 5.44. The minimum Gasteiger partial charge on any atom is -0.313 e. The molecule has 0 bridgehead atoms. The van der Waals surface area contributed by atoms with Crippen LogP contribution in [0.5, 0.6) is 0 Å². The van der Waals surface area contributed by atoms with Gasteiger partial charge in [-0.1, -0.05) is 36.4 Å². The van der Waals surface area contributed by atoms with Crippen molar-refractivity contribution in [3.05, 3.63) is 71.0 Å². The van der Waals surface area contributed by atoms with Crippen LogP contribution in [0.4, 0.5) is 4.39 Å². The fraction of sp³-hybridized carbons (Fsp3) is 0.250. The van der Waals surface area contributed by atoms with Gasteiger partial charge in [0.25, 0.3) is 0 Å². The Bertz CT molecular complexity index is 565. The van der Waals surface area contributed by atoms with E-state index >= 15 is 0 Å². The van der Waals surface area contributed by atoms with Crippen LogP contribution in [0.1, 0.15) is 35.1 Å². The van der Waals surface area contributed by atoms with E-state index in [1.807, 2.05) is 13.1 Å². The SMILES string of the molecule is CN[C@H]1C[C@@H](c2cccc(F)c2)c2ccccc21. The minimum absolute atomic E-state index is 0.155. The third-order valence-corrected chi connectivity index (χ3v) is 3.82. The molecule has 0 radical (unpaired) electrons. The van der Waals surface area contributed by atoms with Crippen LogP contribution >= 0.6 is 0 Å². The molecule has 3 rings (SSSR count). The smallest absolute Gasteiger partial charge is 0.123 e. The molecule has 2 heteroatoms. The minimum atomic E-state index is -0.155. The molecule has 0 saturated carbocycles. The van der Waals surface area contributed by atoms with Gasteiger partial charge in [0.05, 0.1) is 0 Å². The van der Waals surface area contributed by atoms with Crippen molar-refractivity contribution in [1.82, 2.24) is 5.32 Å². The van der Waals surface area contributed by atoms with Crippen LogP contribution in [0.15, 0.2) is 48.5 Å². The Morgan fingerprint density at radius 2 is 1.83 bits per heavy atom. The van der Waals surface area contributed by atoms with Crippen LogP contribution in [0.2, 0.25) is 0 Å². The van der Waals surface area contributed by atoms with Crippen molar-refractivity contribution in [2.45, 2.75) is 18.4 Å². The van der Waals surface area contributed by atoms with Crippen molar-refractivity contribution < 1.29 is 4.39 Å². The second-order valence-corrected chi connectivity index (χ2v) is 4.81. The summed E-state index contributed by atoms with van der Waals surface area (Å²) < 4.78 is 13.4. The first-order valence-corrected chi connectivity index (χ1v) is 6.31. The largest absolute Gasteiger partial charge is 0.313 e. The summed E-state index contributed by atoms with van der Waals surface area (Å²) in [6.45, 7) is 0. The molecule has 0 aliphatic heterocycles. The summed E-state index contributed by atoms with van der Waals surface area (Å²) in [7, 11) is 1.98. The molecule has 2 aromatic carbocycles. The summed E-state index contributed by atoms with van der Waals surface area (Å²) in [5.41, 5.74) is 3.73. The third-order valence-electron chi connectivity index (χ3n) is 3.82. The maximum absolute atomic E-state index is 13.4. The van der Waals surface area contributed by atoms with E-state index in [1.54, 1.807) is 12.1 Å². The molecule has 0 amide bonds. The summed E-state index contributed by atoms with van der Waals surface area (Å²) >= 11 is 0. The van der Waals surface area contributed by atoms with Gasteiger partial charge in [0.1, 0.15) is 5.82 Å². The highest BCUT2D eigenvalue weighted by atomic mass is 19.1. The van der Waals surface area contributed by atoms with E-state index in [9.17, 15) is 4.39 Å². The van der Waals surface area contributed by atoms with E-state index < -0.39 is 0 Å². The van der Waals surface area contributed by atoms with Crippen LogP contribution in [-0.2, 0) is 0 Å². The van der Waals surface area contributed by atoms with Crippen LogP contribution in [-0.4, -0.2) is 7.05 Å². The number of hydrogen-bond donors (Lipinski definition) is 1. The zero-order valence-electron chi connectivity index (χ0n) is 10.4. The van der Waals surface area contributed by atoms with Crippen LogP contribution in [0.25, 0.3) is 0 Å². The van der Waals surface area contributed by atoms with Gasteiger partial charge in [-0.25, -0.2) is 4.39 Å². The van der Waals surface area contributed by atoms with Gasteiger partial charge < -0.3 is 5.32 Å². The lowest BCUT2D eigenvalue weighted by atomic mass is 9.93. The van der Waals surface area contributed by atoms with Crippen molar-refractivity contribution in [2.24, 2.45) is 0 Å². The van der Waals surface area contributed by atoms with E-state index in [2.05, 4.69) is 29.6 Å². The summed E-state index contributed by atoms with van der Waals surface area (Å²) in [5, 5.41) is 3.34. The van der Waals surface area contributed by atoms with Gasteiger partial charge in [-0.3, -0.25) is 0 Å². The zero-order valence-corrected chi connectivity index (χ0v) is 10.4. The fourth-order valence-electron chi connectivity index (χ4n) is 2.95. The first kappa shape index (κ1) is 11.4. The standard InChI is InChI=1S/C16H16FN/c1-18-16-10-15(11-5-4-6-12(17)9-11)13-7-2-3-8-14(13)16/h2-9,15-16,18H,10H2,1H3/t15-,16-/m0/s1. The number of halogens is 1. The number of fused-ring (bicyclic) bond motifs is 1. The summed E-state index contributed by atoms with van der Waals surface area (Å²) in [5.74, 6) is 0.146. The van der Waals surface area contributed by atoms with Crippen molar-refractivity contribution in [1.29, 1.82) is 0 Å². The molecule has 18 heavy (non-hydrogen) atoms. The van der Waals surface area contributed by atoms with Gasteiger partial charge in [-0.05, 0) is 42.3 Å². The van der Waals surface area contributed by atoms with Crippen LogP contribution < -0.4 is 5.32 Å². The Hall–Kier alpha value is -1.67. The molecular weight excluding hydrogens is 225 g/mol. The Morgan fingerprint density at radius 3 is 2.56 bits per heavy atom. The second kappa shape index (κ2) is 4.54. The molecule has 0 saturated heterocycles. The first-order valence-electron chi connectivity index (χ1n) is 6.31. The third kappa shape index (κ3) is 1.83. The number of benzene rings is 2. The molecule has 0 aromatic heterocycles. The fourth-order valence-corrected chi connectivity index (χ4v) is 2.95. The highest BCUT2D eigenvalue weighted by Gasteiger charge is 2.30. The predicted molar refractivity (Wildman–Crippen MR) is 71.1 cm³/mol. The van der Waals surface area contributed by atoms with Crippen molar-refractivity contribution in [3.8, 4) is 0 Å². The number of nitrogens with one attached hydrogen (secondary N) is 1.